The fraction of sp³-hybridized carbons (Fsp3) is 0.842. The number of piperidine rings is 1. The molecule has 1 aromatic heterocycles. The molecule has 1 aliphatic carbocycles. The lowest BCUT2D eigenvalue weighted by molar-refractivity contribution is -0.135. The Kier molecular flexibility index (Phi) is 7.95. The fourth-order valence-corrected chi connectivity index (χ4v) is 5.12. The Morgan fingerprint density at radius 1 is 1.15 bits per heavy atom. The smallest absolute Gasteiger partial charge is 0.239 e. The monoisotopic (exact) mass is 417 g/mol. The van der Waals surface area contributed by atoms with Gasteiger partial charge in [0.05, 0.1) is 6.04 Å². The molecule has 3 aliphatic rings. The van der Waals surface area contributed by atoms with Gasteiger partial charge in [0, 0.05) is 25.7 Å². The van der Waals surface area contributed by atoms with Crippen LogP contribution in [0.5, 0.6) is 0 Å². The lowest BCUT2D eigenvalue weighted by atomic mass is 9.85. The van der Waals surface area contributed by atoms with Crippen LogP contribution in [0.25, 0.3) is 0 Å². The molecule has 6 nitrogen and oxygen atoms in total. The summed E-state index contributed by atoms with van der Waals surface area (Å²) in [6.07, 6.45) is 8.53. The third kappa shape index (κ3) is 4.96. The lowest BCUT2D eigenvalue weighted by Gasteiger charge is -2.34. The standard InChI is InChI=1S/C19H31N5O.2ClH/c1-13-20-14(2)24(22-13)12-15-6-5-9-23(11-15)19(25)18-10-16-7-3-4-8-17(16)21-18;;/h15-18,21H,3-12H2,1-2H3;2*1H. The van der Waals surface area contributed by atoms with Crippen molar-refractivity contribution in [3.05, 3.63) is 11.6 Å². The topological polar surface area (TPSA) is 63.1 Å². The van der Waals surface area contributed by atoms with Gasteiger partial charge in [0.25, 0.3) is 0 Å². The van der Waals surface area contributed by atoms with Crippen LogP contribution in [0.2, 0.25) is 0 Å². The number of hydrogen-bond acceptors (Lipinski definition) is 4. The molecule has 2 saturated heterocycles. The zero-order valence-corrected chi connectivity index (χ0v) is 18.0. The van der Waals surface area contributed by atoms with E-state index in [4.69, 9.17) is 0 Å². The number of amides is 1. The number of aromatic nitrogens is 3. The van der Waals surface area contributed by atoms with Crippen molar-refractivity contribution >= 4 is 30.7 Å². The van der Waals surface area contributed by atoms with Crippen LogP contribution in [0, 0.1) is 25.7 Å². The van der Waals surface area contributed by atoms with Crippen LogP contribution >= 0.6 is 24.8 Å². The minimum atomic E-state index is 0. The average molecular weight is 418 g/mol. The van der Waals surface area contributed by atoms with Crippen LogP contribution in [0.1, 0.15) is 56.6 Å². The van der Waals surface area contributed by atoms with Gasteiger partial charge in [0.15, 0.2) is 0 Å². The quantitative estimate of drug-likeness (QED) is 0.820. The van der Waals surface area contributed by atoms with Crippen molar-refractivity contribution in [2.75, 3.05) is 13.1 Å². The van der Waals surface area contributed by atoms with Gasteiger partial charge in [-0.3, -0.25) is 4.79 Å². The minimum Gasteiger partial charge on any atom is -0.341 e. The van der Waals surface area contributed by atoms with Gasteiger partial charge in [-0.1, -0.05) is 12.8 Å². The number of carbonyl (C=O) groups is 1. The Labute approximate surface area is 174 Å². The lowest BCUT2D eigenvalue weighted by Crippen LogP contribution is -2.49. The van der Waals surface area contributed by atoms with Gasteiger partial charge >= 0.3 is 0 Å². The first kappa shape index (κ1) is 22.4. The molecule has 27 heavy (non-hydrogen) atoms. The van der Waals surface area contributed by atoms with E-state index in [1.165, 1.54) is 32.1 Å². The largest absolute Gasteiger partial charge is 0.341 e. The highest BCUT2D eigenvalue weighted by molar-refractivity contribution is 5.85. The second-order valence-corrected chi connectivity index (χ2v) is 8.29. The van der Waals surface area contributed by atoms with E-state index in [0.717, 1.165) is 50.0 Å². The van der Waals surface area contributed by atoms with Crippen molar-refractivity contribution in [3.63, 3.8) is 0 Å². The van der Waals surface area contributed by atoms with Gasteiger partial charge in [-0.2, -0.15) is 5.10 Å². The first-order valence-corrected chi connectivity index (χ1v) is 10.0. The summed E-state index contributed by atoms with van der Waals surface area (Å²) in [5, 5.41) is 8.14. The maximum absolute atomic E-state index is 13.0. The summed E-state index contributed by atoms with van der Waals surface area (Å²) < 4.78 is 2.01. The molecule has 1 saturated carbocycles. The Bertz CT molecular complexity index is 624. The predicted octanol–water partition coefficient (Wildman–Crippen LogP) is 2.90. The predicted molar refractivity (Wildman–Crippen MR) is 111 cm³/mol. The summed E-state index contributed by atoms with van der Waals surface area (Å²) in [6.45, 7) is 6.60. The Morgan fingerprint density at radius 2 is 1.93 bits per heavy atom. The molecule has 1 amide bonds. The number of fused-ring (bicyclic) bond motifs is 1. The van der Waals surface area contributed by atoms with Crippen LogP contribution in [-0.2, 0) is 11.3 Å². The molecule has 1 N–H and O–H groups in total. The highest BCUT2D eigenvalue weighted by atomic mass is 35.5. The molecule has 0 bridgehead atoms. The number of nitrogens with one attached hydrogen (secondary N) is 1. The van der Waals surface area contributed by atoms with Gasteiger partial charge in [0.1, 0.15) is 11.6 Å². The van der Waals surface area contributed by atoms with Crippen molar-refractivity contribution in [2.45, 2.75) is 77.4 Å². The minimum absolute atomic E-state index is 0. The van der Waals surface area contributed by atoms with Crippen LogP contribution in [0.3, 0.4) is 0 Å². The molecular weight excluding hydrogens is 385 g/mol. The van der Waals surface area contributed by atoms with Gasteiger partial charge in [-0.05, 0) is 57.8 Å². The molecule has 0 spiro atoms. The second kappa shape index (κ2) is 9.57. The van der Waals surface area contributed by atoms with E-state index in [-0.39, 0.29) is 30.9 Å². The SMILES string of the molecule is Cc1nc(C)n(CC2CCCN(C(=O)C3CC4CCCCC4N3)C2)n1.Cl.Cl. The summed E-state index contributed by atoms with van der Waals surface area (Å²) in [7, 11) is 0. The van der Waals surface area contributed by atoms with Crippen molar-refractivity contribution in [1.29, 1.82) is 0 Å². The maximum Gasteiger partial charge on any atom is 0.239 e. The summed E-state index contributed by atoms with van der Waals surface area (Å²) in [5.74, 6) is 3.36. The molecule has 154 valence electrons. The van der Waals surface area contributed by atoms with Crippen LogP contribution < -0.4 is 5.32 Å². The Hall–Kier alpha value is -0.850. The van der Waals surface area contributed by atoms with Gasteiger partial charge in [-0.25, -0.2) is 9.67 Å². The molecule has 4 unspecified atom stereocenters. The number of rotatable bonds is 3. The number of aryl methyl sites for hydroxylation is 2. The van der Waals surface area contributed by atoms with Crippen LogP contribution in [-0.4, -0.2) is 50.7 Å². The summed E-state index contributed by atoms with van der Waals surface area (Å²) in [6, 6.07) is 0.645. The molecule has 0 aromatic carbocycles. The van der Waals surface area contributed by atoms with Gasteiger partial charge in [-0.15, -0.1) is 24.8 Å². The fourth-order valence-electron chi connectivity index (χ4n) is 5.12. The number of halogens is 2. The first-order chi connectivity index (χ1) is 12.1. The molecule has 1 aromatic rings. The van der Waals surface area contributed by atoms with Crippen molar-refractivity contribution in [3.8, 4) is 0 Å². The van der Waals surface area contributed by atoms with E-state index in [1.54, 1.807) is 0 Å². The normalized spacial score (nSPS) is 30.2. The van der Waals surface area contributed by atoms with Gasteiger partial charge < -0.3 is 10.2 Å². The van der Waals surface area contributed by atoms with E-state index < -0.39 is 0 Å². The number of carbonyl (C=O) groups excluding carboxylic acids is 1. The first-order valence-electron chi connectivity index (χ1n) is 10.0. The average Bonchev–Trinajstić information content (AvgIpc) is 3.17. The Morgan fingerprint density at radius 3 is 2.63 bits per heavy atom. The van der Waals surface area contributed by atoms with Crippen LogP contribution in [0.15, 0.2) is 0 Å². The number of likely N-dealkylation sites (tertiary alicyclic amines) is 1. The molecule has 4 rings (SSSR count). The van der Waals surface area contributed by atoms with E-state index in [2.05, 4.69) is 20.3 Å². The third-order valence-corrected chi connectivity index (χ3v) is 6.39. The van der Waals surface area contributed by atoms with Gasteiger partial charge in [0.2, 0.25) is 5.91 Å². The summed E-state index contributed by atoms with van der Waals surface area (Å²) in [4.78, 5) is 19.6. The Balaban J connectivity index is 0.00000131. The summed E-state index contributed by atoms with van der Waals surface area (Å²) in [5.41, 5.74) is 0. The molecular formula is C19H33Cl2N5O. The number of nitrogens with zero attached hydrogens (tertiary/aromatic N) is 4. The van der Waals surface area contributed by atoms with E-state index in [0.29, 0.717) is 17.9 Å². The van der Waals surface area contributed by atoms with E-state index >= 15 is 0 Å². The zero-order valence-electron chi connectivity index (χ0n) is 16.4. The van der Waals surface area contributed by atoms with Crippen LogP contribution in [0.4, 0.5) is 0 Å². The summed E-state index contributed by atoms with van der Waals surface area (Å²) >= 11 is 0. The van der Waals surface area contributed by atoms with Crippen molar-refractivity contribution in [2.24, 2.45) is 11.8 Å². The third-order valence-electron chi connectivity index (χ3n) is 6.39. The van der Waals surface area contributed by atoms with E-state index in [1.807, 2.05) is 18.5 Å². The van der Waals surface area contributed by atoms with Crippen molar-refractivity contribution < 1.29 is 4.79 Å². The maximum atomic E-state index is 13.0. The molecule has 2 aliphatic heterocycles. The van der Waals surface area contributed by atoms with Crippen molar-refractivity contribution in [1.82, 2.24) is 25.0 Å². The molecule has 4 atom stereocenters. The molecule has 0 radical (unpaired) electrons. The molecule has 3 heterocycles. The highest BCUT2D eigenvalue weighted by Gasteiger charge is 2.40. The highest BCUT2D eigenvalue weighted by Crippen LogP contribution is 2.34. The zero-order chi connectivity index (χ0) is 17.4. The van der Waals surface area contributed by atoms with E-state index in [9.17, 15) is 4.79 Å². The molecule has 3 fully saturated rings. The number of hydrogen-bond donors (Lipinski definition) is 1. The second-order valence-electron chi connectivity index (χ2n) is 8.29. The molecule has 8 heteroatoms.